The van der Waals surface area contributed by atoms with Crippen molar-refractivity contribution in [1.29, 1.82) is 0 Å². The van der Waals surface area contributed by atoms with Gasteiger partial charge in [0.2, 0.25) is 0 Å². The zero-order valence-electron chi connectivity index (χ0n) is 15.4. The molecule has 0 saturated carbocycles. The molecule has 0 aliphatic heterocycles. The Morgan fingerprint density at radius 2 is 1.35 bits per heavy atom. The van der Waals surface area contributed by atoms with E-state index in [0.29, 0.717) is 5.56 Å². The molecular weight excluding hydrogens is 316 g/mol. The van der Waals surface area contributed by atoms with E-state index < -0.39 is 0 Å². The minimum atomic E-state index is 0.136. The Balaban J connectivity index is 1.98. The second-order valence-electron chi connectivity index (χ2n) is 7.33. The smallest absolute Gasteiger partial charge is 0.150 e. The van der Waals surface area contributed by atoms with Crippen LogP contribution in [0.15, 0.2) is 72.8 Å². The monoisotopic (exact) mass is 338 g/mol. The number of hydrogen-bond acceptors (Lipinski definition) is 1. The molecule has 0 bridgehead atoms. The summed E-state index contributed by atoms with van der Waals surface area (Å²) in [7, 11) is 0. The molecule has 0 heterocycles. The second-order valence-corrected chi connectivity index (χ2v) is 7.33. The molecule has 0 saturated heterocycles. The van der Waals surface area contributed by atoms with Gasteiger partial charge in [-0.15, -0.1) is 0 Å². The maximum Gasteiger partial charge on any atom is 0.150 e. The van der Waals surface area contributed by atoms with Crippen LogP contribution in [0.3, 0.4) is 0 Å². The fourth-order valence-electron chi connectivity index (χ4n) is 2.87. The van der Waals surface area contributed by atoms with Gasteiger partial charge >= 0.3 is 0 Å². The van der Waals surface area contributed by atoms with Gasteiger partial charge in [-0.05, 0) is 40.3 Å². The Hall–Kier alpha value is -3.11. The van der Waals surface area contributed by atoms with Crippen molar-refractivity contribution in [3.8, 4) is 23.0 Å². The molecule has 3 rings (SSSR count). The van der Waals surface area contributed by atoms with Gasteiger partial charge in [0, 0.05) is 16.7 Å². The highest BCUT2D eigenvalue weighted by molar-refractivity contribution is 5.89. The van der Waals surface area contributed by atoms with E-state index in [9.17, 15) is 4.79 Å². The Kier molecular flexibility index (Phi) is 5.05. The molecule has 0 radical (unpaired) electrons. The quantitative estimate of drug-likeness (QED) is 0.422. The minimum Gasteiger partial charge on any atom is -0.298 e. The predicted octanol–water partition coefficient (Wildman–Crippen LogP) is 5.86. The fourth-order valence-corrected chi connectivity index (χ4v) is 2.87. The molecule has 0 fully saturated rings. The maximum atomic E-state index is 11.4. The van der Waals surface area contributed by atoms with E-state index in [-0.39, 0.29) is 5.41 Å². The van der Waals surface area contributed by atoms with Crippen molar-refractivity contribution in [1.82, 2.24) is 0 Å². The third-order valence-electron chi connectivity index (χ3n) is 4.40. The summed E-state index contributed by atoms with van der Waals surface area (Å²) in [6.07, 6.45) is 0.894. The largest absolute Gasteiger partial charge is 0.298 e. The lowest BCUT2D eigenvalue weighted by Crippen LogP contribution is -2.10. The van der Waals surface area contributed by atoms with Gasteiger partial charge in [-0.25, -0.2) is 0 Å². The first-order valence-corrected chi connectivity index (χ1v) is 8.75. The van der Waals surface area contributed by atoms with E-state index in [4.69, 9.17) is 0 Å². The average molecular weight is 338 g/mol. The van der Waals surface area contributed by atoms with Gasteiger partial charge in [-0.2, -0.15) is 0 Å². The Morgan fingerprint density at radius 1 is 0.731 bits per heavy atom. The first kappa shape index (κ1) is 17.7. The fraction of sp³-hybridized carbons (Fsp3) is 0.160. The van der Waals surface area contributed by atoms with E-state index in [0.717, 1.165) is 28.5 Å². The van der Waals surface area contributed by atoms with Gasteiger partial charge in [-0.3, -0.25) is 4.79 Å². The number of carbonyl (C=O) groups is 1. The number of aldehydes is 1. The highest BCUT2D eigenvalue weighted by Crippen LogP contribution is 2.26. The first-order valence-electron chi connectivity index (χ1n) is 8.75. The summed E-state index contributed by atoms with van der Waals surface area (Å²) in [6, 6.07) is 24.0. The molecule has 1 heteroatoms. The molecule has 0 aliphatic rings. The van der Waals surface area contributed by atoms with Crippen LogP contribution < -0.4 is 0 Å². The SMILES string of the molecule is CC(C)(C)c1ccc(C#Cc2ccccc2-c2ccccc2C=O)cc1. The maximum absolute atomic E-state index is 11.4. The standard InChI is InChI=1S/C25H22O/c1-25(2,3)22-16-13-19(14-17-22)12-15-20-8-4-6-10-23(20)24-11-7-5-9-21(24)18-26/h4-11,13-14,16-18H,1-3H3. The Morgan fingerprint density at radius 3 is 2.00 bits per heavy atom. The first-order chi connectivity index (χ1) is 12.5. The van der Waals surface area contributed by atoms with Gasteiger partial charge in [0.1, 0.15) is 0 Å². The van der Waals surface area contributed by atoms with Crippen LogP contribution >= 0.6 is 0 Å². The highest BCUT2D eigenvalue weighted by Gasteiger charge is 2.12. The van der Waals surface area contributed by atoms with Gasteiger partial charge in [0.05, 0.1) is 0 Å². The van der Waals surface area contributed by atoms with Crippen LogP contribution in [-0.4, -0.2) is 6.29 Å². The van der Waals surface area contributed by atoms with Gasteiger partial charge in [0.15, 0.2) is 6.29 Å². The summed E-state index contributed by atoms with van der Waals surface area (Å²) >= 11 is 0. The predicted molar refractivity (Wildman–Crippen MR) is 108 cm³/mol. The van der Waals surface area contributed by atoms with Crippen molar-refractivity contribution in [2.24, 2.45) is 0 Å². The van der Waals surface area contributed by atoms with Crippen molar-refractivity contribution in [2.45, 2.75) is 26.2 Å². The summed E-state index contributed by atoms with van der Waals surface area (Å²) in [6.45, 7) is 6.61. The molecule has 1 nitrogen and oxygen atoms in total. The van der Waals surface area contributed by atoms with Crippen LogP contribution in [0.2, 0.25) is 0 Å². The molecule has 0 aromatic heterocycles. The molecule has 0 N–H and O–H groups in total. The number of hydrogen-bond donors (Lipinski definition) is 0. The van der Waals surface area contributed by atoms with E-state index in [1.54, 1.807) is 0 Å². The van der Waals surface area contributed by atoms with E-state index in [2.05, 4.69) is 56.9 Å². The topological polar surface area (TPSA) is 17.1 Å². The van der Waals surface area contributed by atoms with E-state index in [1.165, 1.54) is 5.56 Å². The molecule has 128 valence electrons. The van der Waals surface area contributed by atoms with Crippen molar-refractivity contribution in [3.05, 3.63) is 95.1 Å². The summed E-state index contributed by atoms with van der Waals surface area (Å²) in [5.41, 5.74) is 5.90. The summed E-state index contributed by atoms with van der Waals surface area (Å²) in [4.78, 5) is 11.4. The zero-order chi connectivity index (χ0) is 18.6. The molecular formula is C25H22O. The molecule has 0 unspecified atom stereocenters. The third kappa shape index (κ3) is 3.92. The van der Waals surface area contributed by atoms with Crippen LogP contribution in [-0.2, 0) is 5.41 Å². The third-order valence-corrected chi connectivity index (χ3v) is 4.40. The van der Waals surface area contributed by atoms with Gasteiger partial charge in [-0.1, -0.05) is 87.2 Å². The summed E-state index contributed by atoms with van der Waals surface area (Å²) < 4.78 is 0. The van der Waals surface area contributed by atoms with Crippen LogP contribution in [0, 0.1) is 11.8 Å². The lowest BCUT2D eigenvalue weighted by molar-refractivity contribution is 0.112. The van der Waals surface area contributed by atoms with Crippen LogP contribution in [0.5, 0.6) is 0 Å². The summed E-state index contributed by atoms with van der Waals surface area (Å²) in [5.74, 6) is 6.52. The van der Waals surface area contributed by atoms with E-state index in [1.807, 2.05) is 48.5 Å². The van der Waals surface area contributed by atoms with Crippen molar-refractivity contribution in [2.75, 3.05) is 0 Å². The zero-order valence-corrected chi connectivity index (χ0v) is 15.4. The van der Waals surface area contributed by atoms with Crippen LogP contribution in [0.4, 0.5) is 0 Å². The average Bonchev–Trinajstić information content (AvgIpc) is 2.66. The van der Waals surface area contributed by atoms with E-state index >= 15 is 0 Å². The van der Waals surface area contributed by atoms with Crippen LogP contribution in [0.1, 0.15) is 47.8 Å². The van der Waals surface area contributed by atoms with Crippen LogP contribution in [0.25, 0.3) is 11.1 Å². The van der Waals surface area contributed by atoms with Crippen molar-refractivity contribution >= 4 is 6.29 Å². The second kappa shape index (κ2) is 7.42. The Bertz CT molecular complexity index is 977. The van der Waals surface area contributed by atoms with Crippen molar-refractivity contribution < 1.29 is 4.79 Å². The lowest BCUT2D eigenvalue weighted by atomic mass is 9.87. The molecule has 3 aromatic rings. The molecule has 26 heavy (non-hydrogen) atoms. The number of benzene rings is 3. The number of rotatable bonds is 2. The van der Waals surface area contributed by atoms with Crippen molar-refractivity contribution in [3.63, 3.8) is 0 Å². The molecule has 0 spiro atoms. The lowest BCUT2D eigenvalue weighted by Gasteiger charge is -2.18. The Labute approximate surface area is 155 Å². The molecule has 0 aliphatic carbocycles. The molecule has 0 amide bonds. The molecule has 0 atom stereocenters. The number of carbonyl (C=O) groups excluding carboxylic acids is 1. The normalized spacial score (nSPS) is 10.7. The minimum absolute atomic E-state index is 0.136. The van der Waals surface area contributed by atoms with Gasteiger partial charge < -0.3 is 0 Å². The highest BCUT2D eigenvalue weighted by atomic mass is 16.1. The molecule has 3 aromatic carbocycles. The van der Waals surface area contributed by atoms with Gasteiger partial charge in [0.25, 0.3) is 0 Å². The summed E-state index contributed by atoms with van der Waals surface area (Å²) in [5, 5.41) is 0.